The van der Waals surface area contributed by atoms with Crippen molar-refractivity contribution >= 4 is 151 Å². The highest BCUT2D eigenvalue weighted by Crippen LogP contribution is 2.50. The summed E-state index contributed by atoms with van der Waals surface area (Å²) in [6.07, 6.45) is 11.3. The van der Waals surface area contributed by atoms with E-state index in [4.69, 9.17) is 11.1 Å². The third-order valence-electron chi connectivity index (χ3n) is 25.2. The molecule has 0 spiro atoms. The van der Waals surface area contributed by atoms with E-state index in [0.717, 1.165) is 48.9 Å². The minimum absolute atomic E-state index is 0.0164. The summed E-state index contributed by atoms with van der Waals surface area (Å²) in [5, 5.41) is 58.2. The maximum absolute atomic E-state index is 14.7. The number of aliphatic carboxylic acids is 3. The Hall–Kier alpha value is -12.6. The highest BCUT2D eigenvalue weighted by Gasteiger charge is 2.47. The van der Waals surface area contributed by atoms with Gasteiger partial charge in [-0.05, 0) is 210 Å². The lowest BCUT2D eigenvalue weighted by Gasteiger charge is -2.37. The molecule has 5 aromatic carbocycles. The van der Waals surface area contributed by atoms with Gasteiger partial charge < -0.3 is 78.3 Å². The molecular weight excluding hydrogens is 1880 g/mol. The third kappa shape index (κ3) is 29.5. The highest BCUT2D eigenvalue weighted by molar-refractivity contribution is 7.86. The number of amides is 8. The lowest BCUT2D eigenvalue weighted by atomic mass is 9.79. The molecule has 0 unspecified atom stereocenters. The number of carboxylic acids is 3. The number of allylic oxidation sites excluding steroid dienone is 8. The summed E-state index contributed by atoms with van der Waals surface area (Å²) in [6, 6.07) is 18.4. The maximum atomic E-state index is 14.7. The second kappa shape index (κ2) is 46.5. The molecule has 139 heavy (non-hydrogen) atoms. The molecular formula is C95H123N14O26S4+. The van der Waals surface area contributed by atoms with Crippen molar-refractivity contribution in [3.8, 4) is 0 Å². The van der Waals surface area contributed by atoms with Gasteiger partial charge in [-0.25, -0.2) is 9.59 Å². The van der Waals surface area contributed by atoms with Crippen LogP contribution in [0.5, 0.6) is 0 Å². The third-order valence-corrected chi connectivity index (χ3v) is 28.5. The van der Waals surface area contributed by atoms with Crippen molar-refractivity contribution in [3.63, 3.8) is 0 Å². The highest BCUT2D eigenvalue weighted by atomic mass is 32.2. The van der Waals surface area contributed by atoms with E-state index in [1.54, 1.807) is 69.3 Å². The number of guanidine groups is 1. The van der Waals surface area contributed by atoms with E-state index in [9.17, 15) is 120 Å². The molecule has 18 N–H and O–H groups in total. The number of nitrogens with zero attached hydrogens (tertiary/aromatic N) is 4. The number of rotatable bonds is 45. The van der Waals surface area contributed by atoms with Gasteiger partial charge in [0, 0.05) is 102 Å². The summed E-state index contributed by atoms with van der Waals surface area (Å²) in [5.41, 5.74) is 10.4. The Morgan fingerprint density at radius 3 is 1.81 bits per heavy atom. The van der Waals surface area contributed by atoms with Crippen LogP contribution in [0, 0.1) is 10.8 Å². The van der Waals surface area contributed by atoms with Crippen LogP contribution in [0.15, 0.2) is 160 Å². The number of para-hydroxylation sites is 2. The zero-order valence-electron chi connectivity index (χ0n) is 78.4. The average Bonchev–Trinajstić information content (AvgIpc) is 1.59. The number of fused-ring (bicyclic) bond motifs is 3. The van der Waals surface area contributed by atoms with Crippen LogP contribution >= 0.6 is 0 Å². The van der Waals surface area contributed by atoms with Gasteiger partial charge in [0.15, 0.2) is 17.5 Å². The molecule has 0 bridgehead atoms. The molecule has 10 rings (SSSR count). The molecule has 2 aliphatic carbocycles. The van der Waals surface area contributed by atoms with Gasteiger partial charge in [-0.3, -0.25) is 66.8 Å². The van der Waals surface area contributed by atoms with E-state index in [2.05, 4.69) is 47.4 Å². The number of carboxylic acid groups (broad SMARTS) is 3. The zero-order valence-corrected chi connectivity index (χ0v) is 81.6. The number of carbonyl (C=O) groups is 11. The Kier molecular flexibility index (Phi) is 36.2. The number of anilines is 4. The van der Waals surface area contributed by atoms with Crippen LogP contribution in [0.25, 0.3) is 5.57 Å². The maximum Gasteiger partial charge on any atom is 0.326 e. The van der Waals surface area contributed by atoms with Crippen molar-refractivity contribution in [3.05, 3.63) is 178 Å². The monoisotopic (exact) mass is 2000 g/mol. The lowest BCUT2D eigenvalue weighted by molar-refractivity contribution is -0.438. The van der Waals surface area contributed by atoms with Gasteiger partial charge in [0.05, 0.1) is 51.1 Å². The quantitative estimate of drug-likeness (QED) is 0.00568. The Labute approximate surface area is 807 Å². The first-order valence-electron chi connectivity index (χ1n) is 45.8. The average molecular weight is 2010 g/mol. The fourth-order valence-corrected chi connectivity index (χ4v) is 20.0. The summed E-state index contributed by atoms with van der Waals surface area (Å²) >= 11 is 0. The summed E-state index contributed by atoms with van der Waals surface area (Å²) in [7, 11) is -18.0. The molecule has 5 atom stereocenters. The molecule has 0 aromatic heterocycles. The fourth-order valence-electron chi connectivity index (χ4n) is 17.9. The van der Waals surface area contributed by atoms with Gasteiger partial charge in [0.2, 0.25) is 23.4 Å². The first kappa shape index (κ1) is 108. The summed E-state index contributed by atoms with van der Waals surface area (Å²) in [5.74, 6) is -12.1. The molecule has 0 radical (unpaired) electrons. The molecule has 3 heterocycles. The van der Waals surface area contributed by atoms with E-state index in [0.29, 0.717) is 70.0 Å². The van der Waals surface area contributed by atoms with Gasteiger partial charge in [0.1, 0.15) is 36.8 Å². The van der Waals surface area contributed by atoms with E-state index in [-0.39, 0.29) is 135 Å². The number of urea groups is 1. The van der Waals surface area contributed by atoms with Crippen LogP contribution < -0.4 is 63.0 Å². The van der Waals surface area contributed by atoms with E-state index in [1.807, 2.05) is 73.6 Å². The molecule has 5 aliphatic rings. The molecule has 44 heteroatoms. The van der Waals surface area contributed by atoms with Crippen molar-refractivity contribution in [1.29, 1.82) is 5.41 Å². The zero-order chi connectivity index (χ0) is 102. The van der Waals surface area contributed by atoms with Crippen LogP contribution in [-0.2, 0) is 89.7 Å². The van der Waals surface area contributed by atoms with Gasteiger partial charge in [-0.1, -0.05) is 96.4 Å². The number of Topliss-reactive ketones (excluding diaryl/α,β-unsaturated/α-hetero) is 1. The molecule has 40 nitrogen and oxygen atoms in total. The number of unbranched alkanes of at least 4 members (excludes halogenated alkanes) is 3. The number of nitrogens with one attached hydrogen (secondary N) is 9. The topological polar surface area (TPSA) is 625 Å². The summed E-state index contributed by atoms with van der Waals surface area (Å²) < 4.78 is 139. The Morgan fingerprint density at radius 1 is 0.576 bits per heavy atom. The van der Waals surface area contributed by atoms with E-state index >= 15 is 0 Å². The molecule has 0 saturated heterocycles. The molecule has 5 aromatic rings. The Bertz CT molecular complexity index is 6200. The van der Waals surface area contributed by atoms with Crippen molar-refractivity contribution in [2.75, 3.05) is 70.8 Å². The number of nitrogens with two attached hydrogens (primary N) is 1. The molecule has 752 valence electrons. The van der Waals surface area contributed by atoms with Gasteiger partial charge in [0.25, 0.3) is 58.2 Å². The molecule has 8 amide bonds. The van der Waals surface area contributed by atoms with Crippen molar-refractivity contribution < 1.29 is 125 Å². The predicted molar refractivity (Wildman–Crippen MR) is 519 cm³/mol. The number of hydrogen-bond acceptors (Lipinski definition) is 22. The lowest BCUT2D eigenvalue weighted by Crippen LogP contribution is -2.58. The number of carbonyl (C=O) groups excluding carboxylic acids is 8. The van der Waals surface area contributed by atoms with Crippen LogP contribution in [0.1, 0.15) is 214 Å². The standard InChI is InChI=1S/C95H122N14O26S4/c1-93(2,3)80(110)57-109-77-31-12-11-30-76(77)108(64-26-9-8-10-27-64)56-73(89(109)120)105-92(123)100-63-25-20-24-62(52-63)85(116)101-70(40-45-81(111)112)87(118)102-69(29-21-47-99-91(96)97)86(117)104-72(55-82(113)114)88(119)103-71(90(121)122)28-13-14-46-98-84(115)61-34-32-60(33-35-61)83-58(36-43-78-94(4,5)67-53-65(138(130,131)132)38-41-74(67)106(78)48-15-17-50-136(124,125)126)22-19-23-59(83)37-44-79-95(6,7)68-54-66(139(133,134)135)39-42-75(68)107(79)49-16-18-51-137(127,128)129/h11-12,20,24-25,30-39,41-44,52-54,64,69-73H,8-10,13-19,21-23,26-29,40,45-51,55-57H2,1-7H3,(H17-,96,97,98,99,100,101,102,103,104,105,111,112,113,114,115,116,117,118,119,121,122,123,124,125,126,127,128,129,130,131,132,133,134,135)/p+1/t69-,70-,71-,72+,73+/m0/s1. The summed E-state index contributed by atoms with van der Waals surface area (Å²) in [6.45, 7) is 12.7. The van der Waals surface area contributed by atoms with Gasteiger partial charge in [-0.15, -0.1) is 0 Å². The van der Waals surface area contributed by atoms with E-state index in [1.165, 1.54) is 53.4 Å². The van der Waals surface area contributed by atoms with Crippen molar-refractivity contribution in [2.45, 2.75) is 234 Å². The van der Waals surface area contributed by atoms with Crippen molar-refractivity contribution in [2.24, 2.45) is 11.1 Å². The SMILES string of the molecule is CC(C)(C)C(=O)CN1C(=O)[C@H](NC(=O)Nc2cccc(C(=O)N[C@@H](CCC(=O)O)C(=O)N[C@@H](CCCNC(=N)N)C(=O)N[C@H](CC(=O)O)C(=O)N[C@@H](CCCCNC(=O)c3ccc(C4=C(/C=C/C5=[N+](CCCCS(=O)(=O)O)c6ccc(S(=O)(=O)O)cc6C5(C)C)CCC/C4=C\C=C4\N(CCCCS(=O)(=O)O)c5ccc(S(=O)(=O)O)cc5C4(C)C)cc3)C(=O)O)c2)CN(C2CCCCC2)c2ccccc21. The minimum atomic E-state index is -4.68. The van der Waals surface area contributed by atoms with Crippen LogP contribution in [0.3, 0.4) is 0 Å². The number of hydrogen-bond donors (Lipinski definition) is 17. The fraction of sp³-hybridized carbons (Fsp3) is 0.463. The van der Waals surface area contributed by atoms with Gasteiger partial charge >= 0.3 is 23.9 Å². The molecule has 1 fully saturated rings. The minimum Gasteiger partial charge on any atom is -0.481 e. The first-order valence-corrected chi connectivity index (χ1v) is 51.9. The largest absolute Gasteiger partial charge is 0.481 e. The second-order valence-corrected chi connectivity index (χ2v) is 43.2. The first-order chi connectivity index (χ1) is 65.2. The van der Waals surface area contributed by atoms with Crippen LogP contribution in [0.2, 0.25) is 0 Å². The Balaban J connectivity index is 0.828. The molecule has 1 saturated carbocycles. The number of benzene rings is 5. The van der Waals surface area contributed by atoms with Crippen molar-refractivity contribution in [1.82, 2.24) is 37.2 Å². The molecule has 3 aliphatic heterocycles. The van der Waals surface area contributed by atoms with Crippen LogP contribution in [0.4, 0.5) is 33.2 Å². The van der Waals surface area contributed by atoms with Gasteiger partial charge in [-0.2, -0.15) is 38.2 Å². The Morgan fingerprint density at radius 2 is 1.18 bits per heavy atom. The smallest absolute Gasteiger partial charge is 0.326 e. The second-order valence-electron chi connectivity index (χ2n) is 37.2. The normalized spacial score (nSPS) is 17.6. The van der Waals surface area contributed by atoms with Crippen LogP contribution in [-0.4, -0.2) is 236 Å². The predicted octanol–water partition coefficient (Wildman–Crippen LogP) is 8.83. The summed E-state index contributed by atoms with van der Waals surface area (Å²) in [4.78, 5) is 156. The van der Waals surface area contributed by atoms with E-state index < -0.39 is 183 Å². The number of ketones is 1.